The van der Waals surface area contributed by atoms with Gasteiger partial charge in [-0.3, -0.25) is 0 Å². The summed E-state index contributed by atoms with van der Waals surface area (Å²) in [5.74, 6) is 0. The van der Waals surface area contributed by atoms with Crippen LogP contribution in [0.4, 0.5) is 13.2 Å². The van der Waals surface area contributed by atoms with E-state index in [1.54, 1.807) is 19.9 Å². The van der Waals surface area contributed by atoms with Gasteiger partial charge in [-0.1, -0.05) is 22.0 Å². The summed E-state index contributed by atoms with van der Waals surface area (Å²) in [5, 5.41) is 0. The molecule has 0 saturated carbocycles. The molecule has 0 atom stereocenters. The second-order valence-corrected chi connectivity index (χ2v) is 4.77. The Balaban J connectivity index is 3.30. The summed E-state index contributed by atoms with van der Waals surface area (Å²) >= 11 is 2.87. The quantitative estimate of drug-likeness (QED) is 0.835. The highest BCUT2D eigenvalue weighted by Crippen LogP contribution is 2.36. The maximum atomic E-state index is 12.5. The Bertz CT molecular complexity index is 366. The number of hydrogen-bond donors (Lipinski definition) is 1. The van der Waals surface area contributed by atoms with E-state index in [9.17, 15) is 13.2 Å². The van der Waals surface area contributed by atoms with E-state index in [4.69, 9.17) is 5.73 Å². The smallest absolute Gasteiger partial charge is 0.322 e. The molecule has 84 valence electrons. The fourth-order valence-corrected chi connectivity index (χ4v) is 1.61. The molecule has 0 bridgehead atoms. The fourth-order valence-electron chi connectivity index (χ4n) is 1.14. The van der Waals surface area contributed by atoms with Gasteiger partial charge >= 0.3 is 6.18 Å². The number of halogens is 4. The summed E-state index contributed by atoms with van der Waals surface area (Å²) in [4.78, 5) is 0. The van der Waals surface area contributed by atoms with Crippen molar-refractivity contribution < 1.29 is 13.2 Å². The predicted octanol–water partition coefficient (Wildman–Crippen LogP) is 3.66. The molecule has 1 rings (SSSR count). The van der Waals surface area contributed by atoms with Crippen LogP contribution in [0.25, 0.3) is 0 Å². The maximum absolute atomic E-state index is 12.5. The lowest BCUT2D eigenvalue weighted by Gasteiger charge is -2.21. The van der Waals surface area contributed by atoms with E-state index in [-0.39, 0.29) is 4.47 Å². The molecule has 0 heterocycles. The largest absolute Gasteiger partial charge is 0.417 e. The van der Waals surface area contributed by atoms with E-state index >= 15 is 0 Å². The molecule has 0 amide bonds. The van der Waals surface area contributed by atoms with Crippen molar-refractivity contribution in [3.63, 3.8) is 0 Å². The van der Waals surface area contributed by atoms with Crippen molar-refractivity contribution >= 4 is 15.9 Å². The van der Waals surface area contributed by atoms with Crippen LogP contribution in [0.15, 0.2) is 22.7 Å². The van der Waals surface area contributed by atoms with Gasteiger partial charge in [0, 0.05) is 10.0 Å². The zero-order chi connectivity index (χ0) is 11.9. The fraction of sp³-hybridized carbons (Fsp3) is 0.400. The Morgan fingerprint density at radius 1 is 1.20 bits per heavy atom. The van der Waals surface area contributed by atoms with Crippen molar-refractivity contribution in [1.82, 2.24) is 0 Å². The van der Waals surface area contributed by atoms with Crippen LogP contribution in [0.1, 0.15) is 25.0 Å². The third kappa shape index (κ3) is 2.95. The van der Waals surface area contributed by atoms with Crippen LogP contribution in [-0.2, 0) is 11.7 Å². The number of rotatable bonds is 1. The van der Waals surface area contributed by atoms with Crippen molar-refractivity contribution in [2.24, 2.45) is 5.73 Å². The normalized spacial score (nSPS) is 13.0. The molecular weight excluding hydrogens is 271 g/mol. The van der Waals surface area contributed by atoms with Gasteiger partial charge in [-0.25, -0.2) is 0 Å². The van der Waals surface area contributed by atoms with Crippen LogP contribution in [-0.4, -0.2) is 0 Å². The van der Waals surface area contributed by atoms with Gasteiger partial charge in [-0.2, -0.15) is 13.2 Å². The highest BCUT2D eigenvalue weighted by molar-refractivity contribution is 9.10. The van der Waals surface area contributed by atoms with Crippen molar-refractivity contribution in [2.75, 3.05) is 0 Å². The molecule has 0 fully saturated rings. The van der Waals surface area contributed by atoms with E-state index in [0.717, 1.165) is 6.07 Å². The molecule has 1 aromatic carbocycles. The first-order chi connectivity index (χ1) is 6.62. The molecule has 0 spiro atoms. The summed E-state index contributed by atoms with van der Waals surface area (Å²) in [6.07, 6.45) is -4.36. The maximum Gasteiger partial charge on any atom is 0.417 e. The average molecular weight is 282 g/mol. The van der Waals surface area contributed by atoms with Crippen molar-refractivity contribution in [1.29, 1.82) is 0 Å². The predicted molar refractivity (Wildman–Crippen MR) is 56.4 cm³/mol. The van der Waals surface area contributed by atoms with Crippen LogP contribution in [0, 0.1) is 0 Å². The summed E-state index contributed by atoms with van der Waals surface area (Å²) < 4.78 is 37.7. The van der Waals surface area contributed by atoms with Crippen LogP contribution in [0.3, 0.4) is 0 Å². The van der Waals surface area contributed by atoms with E-state index in [0.29, 0.717) is 5.56 Å². The first-order valence-electron chi connectivity index (χ1n) is 4.28. The average Bonchev–Trinajstić information content (AvgIpc) is 2.00. The summed E-state index contributed by atoms with van der Waals surface area (Å²) in [7, 11) is 0. The van der Waals surface area contributed by atoms with Crippen LogP contribution in [0.2, 0.25) is 0 Å². The zero-order valence-electron chi connectivity index (χ0n) is 8.32. The molecule has 0 saturated heterocycles. The van der Waals surface area contributed by atoms with Gasteiger partial charge in [0.25, 0.3) is 0 Å². The molecule has 2 N–H and O–H groups in total. The van der Waals surface area contributed by atoms with Crippen LogP contribution in [0.5, 0.6) is 0 Å². The highest BCUT2D eigenvalue weighted by atomic mass is 79.9. The molecule has 1 nitrogen and oxygen atoms in total. The Hall–Kier alpha value is -0.550. The Labute approximate surface area is 94.6 Å². The Kier molecular flexibility index (Phi) is 3.16. The van der Waals surface area contributed by atoms with E-state index in [2.05, 4.69) is 15.9 Å². The zero-order valence-corrected chi connectivity index (χ0v) is 9.91. The van der Waals surface area contributed by atoms with E-state index in [1.165, 1.54) is 6.07 Å². The number of nitrogens with two attached hydrogens (primary N) is 1. The second-order valence-electron chi connectivity index (χ2n) is 3.91. The van der Waals surface area contributed by atoms with E-state index < -0.39 is 17.3 Å². The monoisotopic (exact) mass is 281 g/mol. The van der Waals surface area contributed by atoms with Gasteiger partial charge in [-0.05, 0) is 31.5 Å². The van der Waals surface area contributed by atoms with Crippen LogP contribution < -0.4 is 5.73 Å². The standard InChI is InChI=1S/C10H11BrF3N/c1-9(2,15)6-3-4-8(11)7(5-6)10(12,13)14/h3-5H,15H2,1-2H3. The first kappa shape index (κ1) is 12.5. The molecule has 1 aromatic rings. The van der Waals surface area contributed by atoms with Gasteiger partial charge in [0.2, 0.25) is 0 Å². The Morgan fingerprint density at radius 3 is 2.13 bits per heavy atom. The minimum Gasteiger partial charge on any atom is -0.322 e. The third-order valence-electron chi connectivity index (χ3n) is 2.02. The number of hydrogen-bond acceptors (Lipinski definition) is 1. The number of alkyl halides is 3. The molecule has 0 aliphatic carbocycles. The first-order valence-corrected chi connectivity index (χ1v) is 5.08. The summed E-state index contributed by atoms with van der Waals surface area (Å²) in [6, 6.07) is 4.02. The van der Waals surface area contributed by atoms with Crippen LogP contribution >= 0.6 is 15.9 Å². The SMILES string of the molecule is CC(C)(N)c1ccc(Br)c(C(F)(F)F)c1. The summed E-state index contributed by atoms with van der Waals surface area (Å²) in [6.45, 7) is 3.33. The van der Waals surface area contributed by atoms with Gasteiger partial charge in [0.1, 0.15) is 0 Å². The van der Waals surface area contributed by atoms with Gasteiger partial charge < -0.3 is 5.73 Å². The molecular formula is C10H11BrF3N. The lowest BCUT2D eigenvalue weighted by Crippen LogP contribution is -2.29. The Morgan fingerprint density at radius 2 is 1.73 bits per heavy atom. The lowest BCUT2D eigenvalue weighted by atomic mass is 9.94. The molecule has 0 aliphatic heterocycles. The number of benzene rings is 1. The minimum atomic E-state index is -4.36. The van der Waals surface area contributed by atoms with Gasteiger partial charge in [0.05, 0.1) is 5.56 Å². The van der Waals surface area contributed by atoms with E-state index in [1.807, 2.05) is 0 Å². The molecule has 0 unspecified atom stereocenters. The molecule has 5 heteroatoms. The molecule has 0 aliphatic rings. The van der Waals surface area contributed by atoms with Gasteiger partial charge in [-0.15, -0.1) is 0 Å². The lowest BCUT2D eigenvalue weighted by molar-refractivity contribution is -0.138. The van der Waals surface area contributed by atoms with Crippen molar-refractivity contribution in [2.45, 2.75) is 25.6 Å². The molecule has 0 aromatic heterocycles. The highest BCUT2D eigenvalue weighted by Gasteiger charge is 2.34. The molecule has 0 radical (unpaired) electrons. The second kappa shape index (κ2) is 3.79. The minimum absolute atomic E-state index is 0.0306. The topological polar surface area (TPSA) is 26.0 Å². The third-order valence-corrected chi connectivity index (χ3v) is 2.71. The molecule has 15 heavy (non-hydrogen) atoms. The van der Waals surface area contributed by atoms with Crippen molar-refractivity contribution in [3.05, 3.63) is 33.8 Å². The van der Waals surface area contributed by atoms with Gasteiger partial charge in [0.15, 0.2) is 0 Å². The summed E-state index contributed by atoms with van der Waals surface area (Å²) in [5.41, 5.74) is 4.72. The van der Waals surface area contributed by atoms with Crippen molar-refractivity contribution in [3.8, 4) is 0 Å².